The van der Waals surface area contributed by atoms with Crippen LogP contribution in [0.5, 0.6) is 0 Å². The average molecular weight is 612 g/mol. The second-order valence-corrected chi connectivity index (χ2v) is 12.1. The Hall–Kier alpha value is -6.45. The van der Waals surface area contributed by atoms with Gasteiger partial charge in [-0.1, -0.05) is 152 Å². The van der Waals surface area contributed by atoms with Gasteiger partial charge in [0.1, 0.15) is 0 Å². The summed E-state index contributed by atoms with van der Waals surface area (Å²) >= 11 is 0. The second kappa shape index (κ2) is 11.7. The SMILES string of the molecule is c1ccc(-c2ccc3cc(-c4nc(-c5ccc6ccccc6c5)nc(-c5ccc6cccc(-c7ccccc7)c6c5)n4)ccc3c2)cc1. The minimum atomic E-state index is 0.646. The van der Waals surface area contributed by atoms with Gasteiger partial charge in [0.05, 0.1) is 0 Å². The maximum atomic E-state index is 5.12. The van der Waals surface area contributed by atoms with Crippen molar-refractivity contribution in [2.45, 2.75) is 0 Å². The van der Waals surface area contributed by atoms with Gasteiger partial charge in [0, 0.05) is 16.7 Å². The summed E-state index contributed by atoms with van der Waals surface area (Å²) in [4.78, 5) is 15.3. The van der Waals surface area contributed by atoms with Crippen molar-refractivity contribution in [2.75, 3.05) is 0 Å². The molecule has 0 radical (unpaired) electrons. The molecule has 9 rings (SSSR count). The molecule has 0 aliphatic carbocycles. The van der Waals surface area contributed by atoms with E-state index in [0.29, 0.717) is 17.5 Å². The zero-order chi connectivity index (χ0) is 31.9. The monoisotopic (exact) mass is 611 g/mol. The van der Waals surface area contributed by atoms with E-state index in [0.717, 1.165) is 32.8 Å². The lowest BCUT2D eigenvalue weighted by molar-refractivity contribution is 1.08. The molecule has 0 saturated carbocycles. The predicted octanol–water partition coefficient (Wildman–Crippen LogP) is 11.7. The number of aromatic nitrogens is 3. The van der Waals surface area contributed by atoms with Crippen molar-refractivity contribution in [3.05, 3.63) is 176 Å². The molecule has 0 aliphatic heterocycles. The summed E-state index contributed by atoms with van der Waals surface area (Å²) in [5.74, 6) is 1.94. The van der Waals surface area contributed by atoms with Crippen LogP contribution >= 0.6 is 0 Å². The van der Waals surface area contributed by atoms with Gasteiger partial charge >= 0.3 is 0 Å². The molecule has 0 unspecified atom stereocenters. The normalized spacial score (nSPS) is 11.3. The highest BCUT2D eigenvalue weighted by atomic mass is 15.0. The van der Waals surface area contributed by atoms with E-state index in [1.54, 1.807) is 0 Å². The number of hydrogen-bond acceptors (Lipinski definition) is 3. The van der Waals surface area contributed by atoms with Gasteiger partial charge in [-0.2, -0.15) is 0 Å². The highest BCUT2D eigenvalue weighted by molar-refractivity contribution is 5.99. The fraction of sp³-hybridized carbons (Fsp3) is 0. The van der Waals surface area contributed by atoms with Gasteiger partial charge in [-0.3, -0.25) is 0 Å². The average Bonchev–Trinajstić information content (AvgIpc) is 3.17. The largest absolute Gasteiger partial charge is 0.208 e. The summed E-state index contributed by atoms with van der Waals surface area (Å²) in [7, 11) is 0. The summed E-state index contributed by atoms with van der Waals surface area (Å²) in [6.07, 6.45) is 0. The molecule has 0 saturated heterocycles. The lowest BCUT2D eigenvalue weighted by Crippen LogP contribution is -2.00. The maximum Gasteiger partial charge on any atom is 0.164 e. The van der Waals surface area contributed by atoms with Gasteiger partial charge in [-0.05, 0) is 78.8 Å². The van der Waals surface area contributed by atoms with Gasteiger partial charge in [-0.25, -0.2) is 15.0 Å². The number of rotatable bonds is 5. The van der Waals surface area contributed by atoms with Crippen LogP contribution < -0.4 is 0 Å². The van der Waals surface area contributed by atoms with E-state index < -0.39 is 0 Å². The summed E-state index contributed by atoms with van der Waals surface area (Å²) in [5.41, 5.74) is 7.62. The molecule has 8 aromatic carbocycles. The van der Waals surface area contributed by atoms with E-state index in [1.807, 2.05) is 6.07 Å². The van der Waals surface area contributed by atoms with Crippen LogP contribution in [0.3, 0.4) is 0 Å². The minimum Gasteiger partial charge on any atom is -0.208 e. The topological polar surface area (TPSA) is 38.7 Å². The fourth-order valence-corrected chi connectivity index (χ4v) is 6.57. The highest BCUT2D eigenvalue weighted by Gasteiger charge is 2.15. The Bertz CT molecular complexity index is 2610. The number of nitrogens with zero attached hydrogens (tertiary/aromatic N) is 3. The van der Waals surface area contributed by atoms with E-state index >= 15 is 0 Å². The molecule has 0 atom stereocenters. The highest BCUT2D eigenvalue weighted by Crippen LogP contribution is 2.34. The first-order valence-corrected chi connectivity index (χ1v) is 16.2. The smallest absolute Gasteiger partial charge is 0.164 e. The summed E-state index contributed by atoms with van der Waals surface area (Å²) in [5, 5.41) is 6.98. The van der Waals surface area contributed by atoms with Crippen LogP contribution in [0.1, 0.15) is 0 Å². The fourth-order valence-electron chi connectivity index (χ4n) is 6.57. The van der Waals surface area contributed by atoms with Gasteiger partial charge < -0.3 is 0 Å². The first-order valence-electron chi connectivity index (χ1n) is 16.2. The molecular weight excluding hydrogens is 583 g/mol. The van der Waals surface area contributed by atoms with Crippen molar-refractivity contribution in [2.24, 2.45) is 0 Å². The standard InChI is InChI=1S/C45H29N3/c1-3-10-30(11-4-1)35-20-21-37-28-39(25-22-36(37)26-35)44-46-43(38-23-18-31-12-7-8-15-34(31)27-38)47-45(48-44)40-24-19-33-16-9-17-41(42(33)29-40)32-13-5-2-6-14-32/h1-29H. The zero-order valence-corrected chi connectivity index (χ0v) is 26.1. The van der Waals surface area contributed by atoms with E-state index in [9.17, 15) is 0 Å². The Labute approximate surface area is 278 Å². The Kier molecular flexibility index (Phi) is 6.80. The predicted molar refractivity (Wildman–Crippen MR) is 200 cm³/mol. The van der Waals surface area contributed by atoms with Crippen LogP contribution in [0.2, 0.25) is 0 Å². The second-order valence-electron chi connectivity index (χ2n) is 12.1. The number of hydrogen-bond donors (Lipinski definition) is 0. The molecule has 224 valence electrons. The van der Waals surface area contributed by atoms with Crippen molar-refractivity contribution < 1.29 is 0 Å². The molecule has 9 aromatic rings. The van der Waals surface area contributed by atoms with Crippen LogP contribution in [0.4, 0.5) is 0 Å². The van der Waals surface area contributed by atoms with E-state index in [1.165, 1.54) is 38.4 Å². The van der Waals surface area contributed by atoms with E-state index in [2.05, 4.69) is 170 Å². The van der Waals surface area contributed by atoms with Gasteiger partial charge in [-0.15, -0.1) is 0 Å². The third-order valence-electron chi connectivity index (χ3n) is 9.07. The quantitative estimate of drug-likeness (QED) is 0.194. The minimum absolute atomic E-state index is 0.646. The molecule has 3 nitrogen and oxygen atoms in total. The Morgan fingerprint density at radius 2 is 0.688 bits per heavy atom. The summed E-state index contributed by atoms with van der Waals surface area (Å²) < 4.78 is 0. The van der Waals surface area contributed by atoms with Crippen molar-refractivity contribution in [3.63, 3.8) is 0 Å². The summed E-state index contributed by atoms with van der Waals surface area (Å²) in [6.45, 7) is 0. The molecule has 0 N–H and O–H groups in total. The van der Waals surface area contributed by atoms with Crippen LogP contribution in [-0.4, -0.2) is 15.0 Å². The molecule has 0 amide bonds. The lowest BCUT2D eigenvalue weighted by Gasteiger charge is -2.12. The maximum absolute atomic E-state index is 5.12. The van der Waals surface area contributed by atoms with Crippen molar-refractivity contribution >= 4 is 32.3 Å². The zero-order valence-electron chi connectivity index (χ0n) is 26.1. The molecule has 48 heavy (non-hydrogen) atoms. The molecule has 1 heterocycles. The van der Waals surface area contributed by atoms with Crippen LogP contribution in [0, 0.1) is 0 Å². The molecular formula is C45H29N3. The van der Waals surface area contributed by atoms with Gasteiger partial charge in [0.2, 0.25) is 0 Å². The first-order chi connectivity index (χ1) is 23.7. The Morgan fingerprint density at radius 3 is 1.33 bits per heavy atom. The van der Waals surface area contributed by atoms with Crippen LogP contribution in [0.15, 0.2) is 176 Å². The molecule has 0 bridgehead atoms. The van der Waals surface area contributed by atoms with E-state index in [-0.39, 0.29) is 0 Å². The number of fused-ring (bicyclic) bond motifs is 3. The van der Waals surface area contributed by atoms with Crippen molar-refractivity contribution in [1.82, 2.24) is 15.0 Å². The van der Waals surface area contributed by atoms with Crippen LogP contribution in [0.25, 0.3) is 88.7 Å². The van der Waals surface area contributed by atoms with Gasteiger partial charge in [0.25, 0.3) is 0 Å². The molecule has 3 heteroatoms. The third kappa shape index (κ3) is 5.18. The van der Waals surface area contributed by atoms with Crippen molar-refractivity contribution in [3.8, 4) is 56.4 Å². The molecule has 0 spiro atoms. The summed E-state index contributed by atoms with van der Waals surface area (Å²) in [6, 6.07) is 61.8. The Balaban J connectivity index is 1.21. The number of benzene rings is 8. The Morgan fingerprint density at radius 1 is 0.250 bits per heavy atom. The van der Waals surface area contributed by atoms with Crippen LogP contribution in [-0.2, 0) is 0 Å². The first kappa shape index (κ1) is 27.8. The van der Waals surface area contributed by atoms with Crippen molar-refractivity contribution in [1.29, 1.82) is 0 Å². The van der Waals surface area contributed by atoms with Gasteiger partial charge in [0.15, 0.2) is 17.5 Å². The third-order valence-corrected chi connectivity index (χ3v) is 9.07. The lowest BCUT2D eigenvalue weighted by atomic mass is 9.96. The molecule has 1 aromatic heterocycles. The molecule has 0 aliphatic rings. The van der Waals surface area contributed by atoms with E-state index in [4.69, 9.17) is 15.0 Å². The molecule has 0 fully saturated rings.